The largest absolute Gasteiger partial charge is 0.282 e. The van der Waals surface area contributed by atoms with Gasteiger partial charge in [-0.05, 0) is 55.3 Å². The summed E-state index contributed by atoms with van der Waals surface area (Å²) in [7, 11) is 0. The number of amides is 1. The summed E-state index contributed by atoms with van der Waals surface area (Å²) in [5.74, 6) is 1.26. The van der Waals surface area contributed by atoms with E-state index in [1.54, 1.807) is 23.1 Å². The predicted octanol–water partition coefficient (Wildman–Crippen LogP) is 6.69. The van der Waals surface area contributed by atoms with E-state index in [9.17, 15) is 4.79 Å². The van der Waals surface area contributed by atoms with Crippen molar-refractivity contribution in [3.63, 3.8) is 0 Å². The minimum atomic E-state index is -0.0155. The Morgan fingerprint density at radius 3 is 2.64 bits per heavy atom. The third kappa shape index (κ3) is 4.99. The number of benzene rings is 2. The Bertz CT molecular complexity index is 1270. The zero-order valence-corrected chi connectivity index (χ0v) is 21.5. The second-order valence-corrected chi connectivity index (χ2v) is 10.7. The molecular weight excluding hydrogens is 448 g/mol. The number of fused-ring (bicyclic) bond motifs is 1. The summed E-state index contributed by atoms with van der Waals surface area (Å²) in [6, 6.07) is 16.2. The lowest BCUT2D eigenvalue weighted by molar-refractivity contribution is 0.0983. The number of para-hydroxylation sites is 1. The molecule has 0 fully saturated rings. The highest BCUT2D eigenvalue weighted by atomic mass is 32.2. The van der Waals surface area contributed by atoms with Gasteiger partial charge in [0.1, 0.15) is 0 Å². The van der Waals surface area contributed by atoms with Crippen molar-refractivity contribution in [1.29, 1.82) is 0 Å². The van der Waals surface area contributed by atoms with Gasteiger partial charge in [-0.2, -0.15) is 5.10 Å². The number of hydrogen-bond donors (Lipinski definition) is 0. The average molecular weight is 479 g/mol. The van der Waals surface area contributed by atoms with Crippen molar-refractivity contribution in [1.82, 2.24) is 14.8 Å². The van der Waals surface area contributed by atoms with Gasteiger partial charge in [-0.25, -0.2) is 4.98 Å². The fourth-order valence-electron chi connectivity index (χ4n) is 3.99. The van der Waals surface area contributed by atoms with Crippen LogP contribution in [-0.2, 0) is 6.54 Å². The van der Waals surface area contributed by atoms with Gasteiger partial charge in [0.05, 0.1) is 28.0 Å². The number of carbonyl (C=O) groups is 1. The van der Waals surface area contributed by atoms with Crippen LogP contribution in [0.3, 0.4) is 0 Å². The molecule has 2 aromatic heterocycles. The van der Waals surface area contributed by atoms with E-state index in [0.29, 0.717) is 19.0 Å². The Morgan fingerprint density at radius 2 is 1.94 bits per heavy atom. The van der Waals surface area contributed by atoms with E-state index in [0.717, 1.165) is 42.9 Å². The van der Waals surface area contributed by atoms with E-state index < -0.39 is 0 Å². The van der Waals surface area contributed by atoms with E-state index >= 15 is 0 Å². The maximum atomic E-state index is 13.9. The zero-order valence-electron chi connectivity index (χ0n) is 19.8. The van der Waals surface area contributed by atoms with E-state index in [1.807, 2.05) is 47.7 Å². The first-order chi connectivity index (χ1) is 15.9. The Labute approximate surface area is 203 Å². The molecule has 0 radical (unpaired) electrons. The molecule has 0 aliphatic heterocycles. The lowest BCUT2D eigenvalue weighted by atomic mass is 10.0. The van der Waals surface area contributed by atoms with Gasteiger partial charge in [-0.3, -0.25) is 14.4 Å². The van der Waals surface area contributed by atoms with Crippen LogP contribution in [0, 0.1) is 13.8 Å². The molecule has 0 saturated carbocycles. The van der Waals surface area contributed by atoms with Gasteiger partial charge < -0.3 is 0 Å². The Kier molecular flexibility index (Phi) is 7.20. The van der Waals surface area contributed by atoms with Crippen LogP contribution in [0.25, 0.3) is 10.2 Å². The lowest BCUT2D eigenvalue weighted by Gasteiger charge is -2.21. The second kappa shape index (κ2) is 10.1. The number of carbonyl (C=O) groups excluding carboxylic acids is 1. The molecule has 0 N–H and O–H groups in total. The number of aromatic nitrogens is 3. The molecule has 1 amide bonds. The Hall–Kier alpha value is -2.64. The minimum Gasteiger partial charge on any atom is -0.282 e. The van der Waals surface area contributed by atoms with Gasteiger partial charge in [0.15, 0.2) is 5.13 Å². The summed E-state index contributed by atoms with van der Waals surface area (Å²) in [6.45, 7) is 11.6. The molecule has 33 heavy (non-hydrogen) atoms. The first-order valence-corrected chi connectivity index (χ1v) is 13.1. The molecule has 0 aliphatic rings. The van der Waals surface area contributed by atoms with Crippen LogP contribution in [0.15, 0.2) is 53.4 Å². The minimum absolute atomic E-state index is 0.0155. The number of hydrogen-bond acceptors (Lipinski definition) is 5. The fraction of sp³-hybridized carbons (Fsp3) is 0.346. The number of thiazole rings is 1. The number of thioether (sulfide) groups is 1. The molecule has 0 bridgehead atoms. The van der Waals surface area contributed by atoms with Crippen molar-refractivity contribution in [3.8, 4) is 0 Å². The SMILES string of the molecule is CCSc1ccccc1C(=O)N(CCn1nc(C)cc1C)c1nc2c(C(C)C)cccc2s1. The summed E-state index contributed by atoms with van der Waals surface area (Å²) < 4.78 is 3.08. The van der Waals surface area contributed by atoms with Gasteiger partial charge in [0, 0.05) is 17.1 Å². The van der Waals surface area contributed by atoms with Crippen LogP contribution in [0.4, 0.5) is 5.13 Å². The summed E-state index contributed by atoms with van der Waals surface area (Å²) in [5.41, 5.74) is 5.00. The monoisotopic (exact) mass is 478 g/mol. The van der Waals surface area contributed by atoms with E-state index in [-0.39, 0.29) is 5.91 Å². The van der Waals surface area contributed by atoms with Crippen LogP contribution >= 0.6 is 23.1 Å². The van der Waals surface area contributed by atoms with Gasteiger partial charge in [-0.1, -0.05) is 56.4 Å². The van der Waals surface area contributed by atoms with E-state index in [2.05, 4.69) is 50.1 Å². The molecule has 5 nitrogen and oxygen atoms in total. The normalized spacial score (nSPS) is 11.5. The highest BCUT2D eigenvalue weighted by molar-refractivity contribution is 7.99. The van der Waals surface area contributed by atoms with Crippen molar-refractivity contribution in [2.24, 2.45) is 0 Å². The lowest BCUT2D eigenvalue weighted by Crippen LogP contribution is -2.34. The third-order valence-corrected chi connectivity index (χ3v) is 7.59. The van der Waals surface area contributed by atoms with Crippen molar-refractivity contribution >= 4 is 44.4 Å². The number of anilines is 1. The third-order valence-electron chi connectivity index (χ3n) is 5.59. The number of aryl methyl sites for hydroxylation is 2. The summed E-state index contributed by atoms with van der Waals surface area (Å²) in [6.07, 6.45) is 0. The molecule has 2 aromatic carbocycles. The molecule has 0 atom stereocenters. The molecule has 4 rings (SSSR count). The van der Waals surface area contributed by atoms with Crippen LogP contribution in [-0.4, -0.2) is 33.0 Å². The first-order valence-electron chi connectivity index (χ1n) is 11.3. The van der Waals surface area contributed by atoms with Crippen molar-refractivity contribution in [3.05, 3.63) is 71.0 Å². The van der Waals surface area contributed by atoms with Gasteiger partial charge in [-0.15, -0.1) is 11.8 Å². The predicted molar refractivity (Wildman–Crippen MR) is 140 cm³/mol. The molecule has 0 unspecified atom stereocenters. The molecule has 0 aliphatic carbocycles. The van der Waals surface area contributed by atoms with Gasteiger partial charge in [0.2, 0.25) is 0 Å². The quantitative estimate of drug-likeness (QED) is 0.265. The maximum Gasteiger partial charge on any atom is 0.261 e. The Morgan fingerprint density at radius 1 is 1.15 bits per heavy atom. The van der Waals surface area contributed by atoms with Crippen molar-refractivity contribution < 1.29 is 4.79 Å². The summed E-state index contributed by atoms with van der Waals surface area (Å²) in [4.78, 5) is 21.7. The fourth-order valence-corrected chi connectivity index (χ4v) is 5.81. The van der Waals surface area contributed by atoms with Crippen LogP contribution < -0.4 is 4.90 Å². The van der Waals surface area contributed by atoms with Crippen molar-refractivity contribution in [2.45, 2.75) is 52.0 Å². The van der Waals surface area contributed by atoms with Crippen LogP contribution in [0.1, 0.15) is 54.0 Å². The molecule has 172 valence electrons. The van der Waals surface area contributed by atoms with Gasteiger partial charge in [0.25, 0.3) is 5.91 Å². The number of rotatable bonds is 8. The maximum absolute atomic E-state index is 13.9. The topological polar surface area (TPSA) is 51.0 Å². The smallest absolute Gasteiger partial charge is 0.261 e. The average Bonchev–Trinajstić information content (AvgIpc) is 3.36. The second-order valence-electron chi connectivity index (χ2n) is 8.38. The van der Waals surface area contributed by atoms with Crippen molar-refractivity contribution in [2.75, 3.05) is 17.2 Å². The highest BCUT2D eigenvalue weighted by Gasteiger charge is 2.24. The molecule has 0 spiro atoms. The zero-order chi connectivity index (χ0) is 23.5. The molecule has 0 saturated heterocycles. The van der Waals surface area contributed by atoms with Crippen LogP contribution in [0.5, 0.6) is 0 Å². The van der Waals surface area contributed by atoms with Crippen LogP contribution in [0.2, 0.25) is 0 Å². The highest BCUT2D eigenvalue weighted by Crippen LogP contribution is 2.35. The van der Waals surface area contributed by atoms with E-state index in [4.69, 9.17) is 4.98 Å². The first kappa shape index (κ1) is 23.5. The van der Waals surface area contributed by atoms with E-state index in [1.165, 1.54) is 5.56 Å². The molecule has 2 heterocycles. The Balaban J connectivity index is 1.76. The van der Waals surface area contributed by atoms with Gasteiger partial charge >= 0.3 is 0 Å². The summed E-state index contributed by atoms with van der Waals surface area (Å²) >= 11 is 3.27. The molecular formula is C26H30N4OS2. The molecule has 4 aromatic rings. The molecule has 7 heteroatoms. The number of nitrogens with zero attached hydrogens (tertiary/aromatic N) is 4. The summed E-state index contributed by atoms with van der Waals surface area (Å²) in [5, 5.41) is 5.33. The standard InChI is InChI=1S/C26H30N4OS2/c1-6-32-22-12-8-7-10-21(22)25(31)29(14-15-30-19(5)16-18(4)28-30)26-27-24-20(17(2)3)11-9-13-23(24)33-26/h7-13,16-17H,6,14-15H2,1-5H3.